The standard InChI is InChI=1S/C58H94O29/c1-22-44(84-48-40(73)33(66)26(63)17-78-48)39(72)43(76)49(81-22)85-45-34(67)27(64)18-79-51(45)87-52(77)58-12-11-53(2,3)13-24(58)23-7-8-30-54(4)14-25(62)46(57(20-60,21-61)31(54)9-10-55(30,5)56(23,6)15-32(58)65)86-50-42(75)38(71)36(69)29(83-50)19-80-47-41(74)37(70)35(68)28(16-59)82-47/h7,22,24-51,59-76H,8-21H2,1-6H3/t22?,24-,25?,26?,27?,28?,29?,30+,31+,32+,33?,34?,35?,36?,37?,38?,39?,40?,41?,42+,43?,44?,45?,46-,47?,48?,49?,50?,51?,54+,55+,56+,58+/m0/s1. The van der Waals surface area contributed by atoms with Crippen LogP contribution < -0.4 is 0 Å². The van der Waals surface area contributed by atoms with E-state index in [1.165, 1.54) is 6.92 Å². The van der Waals surface area contributed by atoms with Crippen molar-refractivity contribution in [3.63, 3.8) is 0 Å². The Morgan fingerprint density at radius 3 is 1.79 bits per heavy atom. The number of hydrogen-bond acceptors (Lipinski definition) is 29. The minimum absolute atomic E-state index is 0.0349. The number of carbonyl (C=O) groups excluding carboxylic acids is 1. The zero-order chi connectivity index (χ0) is 63.6. The molecule has 4 saturated carbocycles. The van der Waals surface area contributed by atoms with Crippen molar-refractivity contribution in [3.05, 3.63) is 11.6 Å². The molecular weight excluding hydrogens is 1160 g/mol. The highest BCUT2D eigenvalue weighted by Gasteiger charge is 2.74. The lowest BCUT2D eigenvalue weighted by Crippen LogP contribution is -2.71. The van der Waals surface area contributed by atoms with E-state index in [4.69, 9.17) is 47.4 Å². The molecule has 9 fully saturated rings. The van der Waals surface area contributed by atoms with Gasteiger partial charge in [0.2, 0.25) is 6.29 Å². The van der Waals surface area contributed by atoms with Gasteiger partial charge < -0.3 is 139 Å². The molecular formula is C58H94O29. The van der Waals surface area contributed by atoms with E-state index < -0.39 is 244 Å². The van der Waals surface area contributed by atoms with Crippen molar-refractivity contribution in [2.75, 3.05) is 39.6 Å². The summed E-state index contributed by atoms with van der Waals surface area (Å²) >= 11 is 0. The molecule has 5 aliphatic heterocycles. The molecule has 10 rings (SSSR count). The molecule has 10 aliphatic rings. The number of ether oxygens (including phenoxy) is 10. The van der Waals surface area contributed by atoms with E-state index in [1.54, 1.807) is 0 Å². The van der Waals surface area contributed by atoms with E-state index in [1.807, 2.05) is 6.92 Å². The van der Waals surface area contributed by atoms with Crippen LogP contribution in [0.5, 0.6) is 0 Å². The Balaban J connectivity index is 0.876. The lowest BCUT2D eigenvalue weighted by Gasteiger charge is -2.72. The fraction of sp³-hybridized carbons (Fsp3) is 0.948. The summed E-state index contributed by atoms with van der Waals surface area (Å²) in [4.78, 5) is 15.4. The summed E-state index contributed by atoms with van der Waals surface area (Å²) in [5.41, 5.74) is -5.07. The van der Waals surface area contributed by atoms with E-state index >= 15 is 4.79 Å². The van der Waals surface area contributed by atoms with Crippen LogP contribution in [0.15, 0.2) is 11.6 Å². The van der Waals surface area contributed by atoms with Crippen LogP contribution >= 0.6 is 0 Å². The van der Waals surface area contributed by atoms with Gasteiger partial charge in [0, 0.05) is 5.41 Å². The van der Waals surface area contributed by atoms with Crippen LogP contribution in [-0.2, 0) is 52.2 Å². The highest BCUT2D eigenvalue weighted by Crippen LogP contribution is 2.76. The third kappa shape index (κ3) is 11.2. The smallest absolute Gasteiger partial charge is 0.317 e. The largest absolute Gasteiger partial charge is 0.432 e. The number of aliphatic hydroxyl groups excluding tert-OH is 18. The van der Waals surface area contributed by atoms with Crippen molar-refractivity contribution in [2.24, 2.45) is 50.2 Å². The van der Waals surface area contributed by atoms with Gasteiger partial charge in [-0.2, -0.15) is 0 Å². The normalized spacial score (nSPS) is 54.0. The van der Waals surface area contributed by atoms with E-state index in [9.17, 15) is 91.9 Å². The van der Waals surface area contributed by atoms with Crippen LogP contribution in [0.25, 0.3) is 0 Å². The van der Waals surface area contributed by atoms with Crippen LogP contribution in [0.2, 0.25) is 0 Å². The summed E-state index contributed by atoms with van der Waals surface area (Å²) in [6, 6.07) is 0. The van der Waals surface area contributed by atoms with Crippen molar-refractivity contribution in [3.8, 4) is 0 Å². The van der Waals surface area contributed by atoms with E-state index in [0.717, 1.165) is 5.57 Å². The third-order valence-electron chi connectivity index (χ3n) is 22.9. The molecule has 0 aromatic heterocycles. The molecule has 23 unspecified atom stereocenters. The van der Waals surface area contributed by atoms with Crippen molar-refractivity contribution in [1.29, 1.82) is 0 Å². The number of carbonyl (C=O) groups is 1. The summed E-state index contributed by atoms with van der Waals surface area (Å²) < 4.78 is 58.5. The highest BCUT2D eigenvalue weighted by atomic mass is 16.8. The Morgan fingerprint density at radius 2 is 1.14 bits per heavy atom. The maximum absolute atomic E-state index is 15.4. The predicted octanol–water partition coefficient (Wildman–Crippen LogP) is -6.02. The van der Waals surface area contributed by atoms with Gasteiger partial charge in [0.25, 0.3) is 0 Å². The van der Waals surface area contributed by atoms with Crippen molar-refractivity contribution in [2.45, 2.75) is 253 Å². The van der Waals surface area contributed by atoms with Crippen LogP contribution in [-0.4, -0.2) is 297 Å². The van der Waals surface area contributed by atoms with Gasteiger partial charge in [-0.1, -0.05) is 46.3 Å². The van der Waals surface area contributed by atoms with Gasteiger partial charge in [-0.15, -0.1) is 0 Å². The minimum Gasteiger partial charge on any atom is -0.432 e. The maximum atomic E-state index is 15.4. The SMILES string of the molecule is CC1OC(OC2C(OC(=O)[C@]34CCC(C)(C)C[C@H]3C3=CC[C@@H]5[C@@]6(C)CC(O)[C@H](OC7OC(COC8OC(CO)C(O)C(O)C8O)C(O)C(O)[C@H]7O)C(CO)(CO)[C@@H]6CC[C@@]5(C)[C@]3(C)C[C@H]4O)OCC(O)C2O)C(O)C(O)C1OC1OCC(O)C(O)C1O. The number of hydrogen-bond donors (Lipinski definition) is 18. The molecule has 29 nitrogen and oxygen atoms in total. The first-order valence-corrected chi connectivity index (χ1v) is 30.5. The highest BCUT2D eigenvalue weighted by molar-refractivity contribution is 5.80. The van der Waals surface area contributed by atoms with E-state index in [2.05, 4.69) is 33.8 Å². The van der Waals surface area contributed by atoms with Crippen molar-refractivity contribution >= 4 is 5.97 Å². The van der Waals surface area contributed by atoms with Crippen LogP contribution in [0.3, 0.4) is 0 Å². The van der Waals surface area contributed by atoms with Crippen LogP contribution in [0.1, 0.15) is 92.9 Å². The van der Waals surface area contributed by atoms with Crippen molar-refractivity contribution in [1.82, 2.24) is 0 Å². The van der Waals surface area contributed by atoms with Gasteiger partial charge in [-0.25, -0.2) is 0 Å². The molecule has 5 saturated heterocycles. The fourth-order valence-corrected chi connectivity index (χ4v) is 17.6. The fourth-order valence-electron chi connectivity index (χ4n) is 17.6. The van der Waals surface area contributed by atoms with Crippen LogP contribution in [0, 0.1) is 50.2 Å². The monoisotopic (exact) mass is 1250 g/mol. The van der Waals surface area contributed by atoms with Gasteiger partial charge in [0.05, 0.1) is 64.1 Å². The number of esters is 1. The van der Waals surface area contributed by atoms with Gasteiger partial charge in [-0.3, -0.25) is 4.79 Å². The molecule has 5 aliphatic carbocycles. The average Bonchev–Trinajstić information content (AvgIpc) is 0.674. The third-order valence-corrected chi connectivity index (χ3v) is 22.9. The van der Waals surface area contributed by atoms with Crippen molar-refractivity contribution < 1.29 is 144 Å². The van der Waals surface area contributed by atoms with Gasteiger partial charge in [-0.05, 0) is 97.7 Å². The quantitative estimate of drug-likeness (QED) is 0.0437. The molecule has 0 bridgehead atoms. The lowest BCUT2D eigenvalue weighted by atomic mass is 9.33. The first kappa shape index (κ1) is 68.0. The molecule has 33 atom stereocenters. The zero-order valence-corrected chi connectivity index (χ0v) is 49.8. The molecule has 0 aromatic rings. The molecule has 29 heteroatoms. The Labute approximate surface area is 502 Å². The Kier molecular flexibility index (Phi) is 19.6. The zero-order valence-electron chi connectivity index (χ0n) is 49.8. The molecule has 0 radical (unpaired) electrons. The second kappa shape index (κ2) is 25.1. The first-order chi connectivity index (χ1) is 40.8. The van der Waals surface area contributed by atoms with Gasteiger partial charge >= 0.3 is 5.97 Å². The molecule has 0 spiro atoms. The first-order valence-electron chi connectivity index (χ1n) is 30.5. The summed E-state index contributed by atoms with van der Waals surface area (Å²) in [5.74, 6) is -2.39. The summed E-state index contributed by atoms with van der Waals surface area (Å²) in [6.07, 6.45) is -38.3. The summed E-state index contributed by atoms with van der Waals surface area (Å²) in [7, 11) is 0. The van der Waals surface area contributed by atoms with Gasteiger partial charge in [0.15, 0.2) is 31.3 Å². The van der Waals surface area contributed by atoms with E-state index in [0.29, 0.717) is 32.1 Å². The number of aliphatic hydroxyl groups is 18. The Bertz CT molecular complexity index is 2420. The average molecular weight is 1260 g/mol. The molecule has 18 N–H and O–H groups in total. The molecule has 500 valence electrons. The topological polar surface area (TPSA) is 474 Å². The Hall–Kier alpha value is -1.87. The predicted molar refractivity (Wildman–Crippen MR) is 288 cm³/mol. The van der Waals surface area contributed by atoms with Crippen LogP contribution in [0.4, 0.5) is 0 Å². The summed E-state index contributed by atoms with van der Waals surface area (Å²) in [6.45, 7) is 8.04. The second-order valence-corrected chi connectivity index (χ2v) is 28.2. The second-order valence-electron chi connectivity index (χ2n) is 28.2. The van der Waals surface area contributed by atoms with Gasteiger partial charge in [0.1, 0.15) is 103 Å². The number of fused-ring (bicyclic) bond motifs is 7. The molecule has 0 aromatic carbocycles. The number of rotatable bonds is 14. The molecule has 0 amide bonds. The van der Waals surface area contributed by atoms with E-state index in [-0.39, 0.29) is 30.6 Å². The Morgan fingerprint density at radius 1 is 0.563 bits per heavy atom. The molecule has 5 heterocycles. The summed E-state index contributed by atoms with van der Waals surface area (Å²) in [5, 5.41) is 198. The minimum atomic E-state index is -1.94. The number of allylic oxidation sites excluding steroid dienone is 2. The maximum Gasteiger partial charge on any atom is 0.317 e. The molecule has 87 heavy (non-hydrogen) atoms. The lowest BCUT2D eigenvalue weighted by molar-refractivity contribution is -0.369.